The first-order chi connectivity index (χ1) is 7.29. The molecule has 0 saturated carbocycles. The second-order valence-corrected chi connectivity index (χ2v) is 3.82. The van der Waals surface area contributed by atoms with E-state index >= 15 is 0 Å². The van der Waals surface area contributed by atoms with E-state index in [4.69, 9.17) is 11.6 Å². The minimum absolute atomic E-state index is 0.0395. The van der Waals surface area contributed by atoms with Crippen molar-refractivity contribution < 1.29 is 0 Å². The molecule has 0 spiro atoms. The van der Waals surface area contributed by atoms with Gasteiger partial charge >= 0.3 is 0 Å². The molecule has 80 valence electrons. The lowest BCUT2D eigenvalue weighted by molar-refractivity contribution is 1.09. The number of rotatable bonds is 4. The number of hydrogen-bond acceptors (Lipinski definition) is 0. The maximum Gasteiger partial charge on any atom is 0.0832 e. The van der Waals surface area contributed by atoms with E-state index in [0.29, 0.717) is 0 Å². The Hall–Kier alpha value is -1.01. The van der Waals surface area contributed by atoms with Crippen molar-refractivity contribution in [2.45, 2.75) is 25.6 Å². The van der Waals surface area contributed by atoms with Gasteiger partial charge in [0.1, 0.15) is 0 Å². The molecular formula is C14H17Cl. The van der Waals surface area contributed by atoms with E-state index in [1.165, 1.54) is 5.57 Å². The second-order valence-electron chi connectivity index (χ2n) is 3.39. The van der Waals surface area contributed by atoms with Crippen LogP contribution in [0.25, 0.3) is 0 Å². The van der Waals surface area contributed by atoms with E-state index in [1.807, 2.05) is 31.2 Å². The van der Waals surface area contributed by atoms with Crippen LogP contribution < -0.4 is 0 Å². The third-order valence-corrected chi connectivity index (χ3v) is 2.69. The molecule has 0 radical (unpaired) electrons. The molecule has 0 aliphatic carbocycles. The Balaban J connectivity index is 2.91. The maximum atomic E-state index is 6.41. The van der Waals surface area contributed by atoms with Crippen LogP contribution in [0.2, 0.25) is 0 Å². The van der Waals surface area contributed by atoms with Crippen molar-refractivity contribution in [1.29, 1.82) is 0 Å². The molecule has 0 bridgehead atoms. The van der Waals surface area contributed by atoms with Crippen LogP contribution in [0, 0.1) is 0 Å². The molecule has 15 heavy (non-hydrogen) atoms. The van der Waals surface area contributed by atoms with Crippen LogP contribution in [-0.2, 0) is 0 Å². The topological polar surface area (TPSA) is 0 Å². The predicted octanol–water partition coefficient (Wildman–Crippen LogP) is 4.88. The summed E-state index contributed by atoms with van der Waals surface area (Å²) in [7, 11) is 0. The summed E-state index contributed by atoms with van der Waals surface area (Å²) in [5.41, 5.74) is 2.32. The SMILES string of the molecule is C/C=C\C(=C/CC)C(Cl)c1ccccc1. The molecule has 0 nitrogen and oxygen atoms in total. The summed E-state index contributed by atoms with van der Waals surface area (Å²) in [6.45, 7) is 4.14. The zero-order chi connectivity index (χ0) is 11.1. The Morgan fingerprint density at radius 1 is 1.33 bits per heavy atom. The molecule has 0 aliphatic heterocycles. The van der Waals surface area contributed by atoms with Gasteiger partial charge in [0.25, 0.3) is 0 Å². The number of hydrogen-bond donors (Lipinski definition) is 0. The van der Waals surface area contributed by atoms with Gasteiger partial charge in [-0.2, -0.15) is 0 Å². The molecule has 1 rings (SSSR count). The summed E-state index contributed by atoms with van der Waals surface area (Å²) in [5, 5.41) is -0.0395. The first-order valence-electron chi connectivity index (χ1n) is 5.31. The number of benzene rings is 1. The number of alkyl halides is 1. The van der Waals surface area contributed by atoms with Crippen LogP contribution in [0.3, 0.4) is 0 Å². The van der Waals surface area contributed by atoms with Crippen molar-refractivity contribution in [3.8, 4) is 0 Å². The van der Waals surface area contributed by atoms with Crippen molar-refractivity contribution in [2.75, 3.05) is 0 Å². The molecule has 0 heterocycles. The highest BCUT2D eigenvalue weighted by Gasteiger charge is 2.09. The summed E-state index contributed by atoms with van der Waals surface area (Å²) in [6, 6.07) is 10.2. The highest BCUT2D eigenvalue weighted by molar-refractivity contribution is 6.22. The van der Waals surface area contributed by atoms with E-state index in [0.717, 1.165) is 12.0 Å². The van der Waals surface area contributed by atoms with Gasteiger partial charge in [-0.15, -0.1) is 11.6 Å². The molecule has 1 atom stereocenters. The molecule has 1 aromatic rings. The van der Waals surface area contributed by atoms with E-state index in [1.54, 1.807) is 0 Å². The van der Waals surface area contributed by atoms with Gasteiger partial charge in [0, 0.05) is 0 Å². The lowest BCUT2D eigenvalue weighted by atomic mass is 10.0. The summed E-state index contributed by atoms with van der Waals surface area (Å²) in [4.78, 5) is 0. The number of halogens is 1. The molecule has 0 amide bonds. The van der Waals surface area contributed by atoms with Gasteiger partial charge in [0.05, 0.1) is 5.38 Å². The first-order valence-corrected chi connectivity index (χ1v) is 5.75. The van der Waals surface area contributed by atoms with Crippen molar-refractivity contribution in [2.24, 2.45) is 0 Å². The lowest BCUT2D eigenvalue weighted by Crippen LogP contribution is -1.92. The van der Waals surface area contributed by atoms with Crippen LogP contribution in [0.5, 0.6) is 0 Å². The average Bonchev–Trinajstić information content (AvgIpc) is 2.29. The van der Waals surface area contributed by atoms with Crippen LogP contribution in [0.1, 0.15) is 31.2 Å². The summed E-state index contributed by atoms with van der Waals surface area (Å²) in [5.74, 6) is 0. The third kappa shape index (κ3) is 3.56. The van der Waals surface area contributed by atoms with Crippen LogP contribution >= 0.6 is 11.6 Å². The smallest absolute Gasteiger partial charge is 0.0832 e. The van der Waals surface area contributed by atoms with Gasteiger partial charge in [-0.3, -0.25) is 0 Å². The third-order valence-electron chi connectivity index (χ3n) is 2.18. The van der Waals surface area contributed by atoms with Crippen LogP contribution in [0.15, 0.2) is 54.1 Å². The predicted molar refractivity (Wildman–Crippen MR) is 68.2 cm³/mol. The van der Waals surface area contributed by atoms with Crippen molar-refractivity contribution in [3.63, 3.8) is 0 Å². The quantitative estimate of drug-likeness (QED) is 0.501. The zero-order valence-corrected chi connectivity index (χ0v) is 10.0. The molecule has 1 unspecified atom stereocenters. The van der Waals surface area contributed by atoms with E-state index < -0.39 is 0 Å². The zero-order valence-electron chi connectivity index (χ0n) is 9.28. The van der Waals surface area contributed by atoms with Gasteiger partial charge < -0.3 is 0 Å². The lowest BCUT2D eigenvalue weighted by Gasteiger charge is -2.11. The number of allylic oxidation sites excluding steroid dienone is 4. The van der Waals surface area contributed by atoms with Gasteiger partial charge in [0.15, 0.2) is 0 Å². The molecule has 1 heteroatoms. The van der Waals surface area contributed by atoms with Crippen molar-refractivity contribution in [1.82, 2.24) is 0 Å². The minimum atomic E-state index is -0.0395. The molecular weight excluding hydrogens is 204 g/mol. The van der Waals surface area contributed by atoms with E-state index in [-0.39, 0.29) is 5.38 Å². The van der Waals surface area contributed by atoms with Crippen LogP contribution in [-0.4, -0.2) is 0 Å². The van der Waals surface area contributed by atoms with Gasteiger partial charge in [-0.05, 0) is 24.5 Å². The normalized spacial score (nSPS) is 14.5. The summed E-state index contributed by atoms with van der Waals surface area (Å²) < 4.78 is 0. The molecule has 0 N–H and O–H groups in total. The van der Waals surface area contributed by atoms with E-state index in [2.05, 4.69) is 31.2 Å². The Labute approximate surface area is 97.3 Å². The largest absolute Gasteiger partial charge is 0.113 e. The summed E-state index contributed by atoms with van der Waals surface area (Å²) in [6.07, 6.45) is 7.29. The highest BCUT2D eigenvalue weighted by Crippen LogP contribution is 2.29. The average molecular weight is 221 g/mol. The molecule has 0 aliphatic rings. The molecule has 0 fully saturated rings. The Morgan fingerprint density at radius 3 is 2.53 bits per heavy atom. The van der Waals surface area contributed by atoms with Gasteiger partial charge in [-0.25, -0.2) is 0 Å². The minimum Gasteiger partial charge on any atom is -0.113 e. The van der Waals surface area contributed by atoms with Crippen molar-refractivity contribution >= 4 is 11.6 Å². The standard InChI is InChI=1S/C14H17Cl/c1-3-8-12(9-4-2)14(15)13-10-6-5-7-11-13/h3,5-11,14H,4H2,1-2H3/b8-3-,12-9+. The molecule has 1 aromatic carbocycles. The monoisotopic (exact) mass is 220 g/mol. The Morgan fingerprint density at radius 2 is 2.00 bits per heavy atom. The fourth-order valence-electron chi connectivity index (χ4n) is 1.50. The summed E-state index contributed by atoms with van der Waals surface area (Å²) >= 11 is 6.41. The highest BCUT2D eigenvalue weighted by atomic mass is 35.5. The molecule has 0 aromatic heterocycles. The fourth-order valence-corrected chi connectivity index (χ4v) is 1.81. The molecule has 0 saturated heterocycles. The maximum absolute atomic E-state index is 6.41. The first kappa shape index (κ1) is 12.1. The van der Waals surface area contributed by atoms with Crippen LogP contribution in [0.4, 0.5) is 0 Å². The van der Waals surface area contributed by atoms with E-state index in [9.17, 15) is 0 Å². The second kappa shape index (κ2) is 6.47. The Kier molecular flexibility index (Phi) is 5.20. The van der Waals surface area contributed by atoms with Gasteiger partial charge in [0.2, 0.25) is 0 Å². The van der Waals surface area contributed by atoms with Crippen molar-refractivity contribution in [3.05, 3.63) is 59.7 Å². The van der Waals surface area contributed by atoms with Gasteiger partial charge in [-0.1, -0.05) is 55.5 Å². The Bertz CT molecular complexity index is 336. The fraction of sp³-hybridized carbons (Fsp3) is 0.286.